The molecule has 4 rings (SSSR count). The minimum atomic E-state index is 0.637. The summed E-state index contributed by atoms with van der Waals surface area (Å²) in [6.07, 6.45) is 1.60. The lowest BCUT2D eigenvalue weighted by molar-refractivity contribution is 0.0398. The van der Waals surface area contributed by atoms with E-state index in [4.69, 9.17) is 10.5 Å². The van der Waals surface area contributed by atoms with E-state index < -0.39 is 0 Å². The third-order valence-corrected chi connectivity index (χ3v) is 5.39. The number of anilines is 4. The number of para-hydroxylation sites is 1. The number of nitrogens with one attached hydrogen (secondary N) is 1. The highest BCUT2D eigenvalue weighted by Gasteiger charge is 2.21. The lowest BCUT2D eigenvalue weighted by Crippen LogP contribution is -2.47. The number of morpholine rings is 1. The molecule has 0 unspecified atom stereocenters. The number of piperazine rings is 1. The van der Waals surface area contributed by atoms with E-state index in [1.807, 2.05) is 0 Å². The maximum atomic E-state index is 6.40. The van der Waals surface area contributed by atoms with Crippen LogP contribution in [-0.4, -0.2) is 80.4 Å². The second-order valence-electron chi connectivity index (χ2n) is 7.15. The minimum Gasteiger partial charge on any atom is -0.393 e. The molecule has 0 amide bonds. The van der Waals surface area contributed by atoms with Crippen molar-refractivity contribution in [3.05, 3.63) is 36.7 Å². The third kappa shape index (κ3) is 4.45. The van der Waals surface area contributed by atoms with Gasteiger partial charge in [0.25, 0.3) is 0 Å². The molecule has 150 valence electrons. The van der Waals surface area contributed by atoms with Crippen LogP contribution in [0.25, 0.3) is 0 Å². The first kappa shape index (κ1) is 18.8. The van der Waals surface area contributed by atoms with Gasteiger partial charge in [-0.25, -0.2) is 9.97 Å². The van der Waals surface area contributed by atoms with E-state index in [0.29, 0.717) is 5.69 Å². The first-order valence-electron chi connectivity index (χ1n) is 10.0. The van der Waals surface area contributed by atoms with Crippen molar-refractivity contribution in [1.29, 1.82) is 0 Å². The van der Waals surface area contributed by atoms with Gasteiger partial charge >= 0.3 is 0 Å². The van der Waals surface area contributed by atoms with E-state index >= 15 is 0 Å². The van der Waals surface area contributed by atoms with E-state index in [9.17, 15) is 0 Å². The number of hydrogen-bond donors (Lipinski definition) is 2. The number of rotatable bonds is 6. The van der Waals surface area contributed by atoms with Crippen molar-refractivity contribution in [3.63, 3.8) is 0 Å². The Kier molecular flexibility index (Phi) is 6.08. The zero-order chi connectivity index (χ0) is 19.2. The molecule has 8 heteroatoms. The van der Waals surface area contributed by atoms with Gasteiger partial charge in [-0.1, -0.05) is 18.2 Å². The van der Waals surface area contributed by atoms with Crippen LogP contribution in [0.3, 0.4) is 0 Å². The lowest BCUT2D eigenvalue weighted by Gasteiger charge is -2.37. The van der Waals surface area contributed by atoms with Gasteiger partial charge in [0.1, 0.15) is 12.0 Å². The van der Waals surface area contributed by atoms with Gasteiger partial charge in [0.05, 0.1) is 13.2 Å². The Bertz CT molecular complexity index is 743. The molecule has 3 N–H and O–H groups in total. The maximum Gasteiger partial charge on any atom is 0.157 e. The van der Waals surface area contributed by atoms with Gasteiger partial charge in [-0.15, -0.1) is 0 Å². The largest absolute Gasteiger partial charge is 0.393 e. The summed E-state index contributed by atoms with van der Waals surface area (Å²) >= 11 is 0. The first-order chi connectivity index (χ1) is 13.8. The van der Waals surface area contributed by atoms with Crippen LogP contribution in [0.2, 0.25) is 0 Å². The number of aromatic nitrogens is 2. The fourth-order valence-corrected chi connectivity index (χ4v) is 3.75. The van der Waals surface area contributed by atoms with Crippen LogP contribution < -0.4 is 20.9 Å². The topological polar surface area (TPSA) is 82.8 Å². The summed E-state index contributed by atoms with van der Waals surface area (Å²) in [4.78, 5) is 15.9. The van der Waals surface area contributed by atoms with Crippen molar-refractivity contribution < 1.29 is 4.74 Å². The average molecular weight is 384 g/mol. The highest BCUT2D eigenvalue weighted by atomic mass is 16.5. The molecule has 8 nitrogen and oxygen atoms in total. The van der Waals surface area contributed by atoms with Crippen LogP contribution in [-0.2, 0) is 4.74 Å². The Labute approximate surface area is 166 Å². The predicted octanol–water partition coefficient (Wildman–Crippen LogP) is 1.13. The first-order valence-corrected chi connectivity index (χ1v) is 10.0. The molecule has 2 aliphatic heterocycles. The molecule has 28 heavy (non-hydrogen) atoms. The molecule has 2 aliphatic rings. The van der Waals surface area contributed by atoms with Gasteiger partial charge in [-0.05, 0) is 12.1 Å². The minimum absolute atomic E-state index is 0.637. The monoisotopic (exact) mass is 383 g/mol. The van der Waals surface area contributed by atoms with Crippen LogP contribution in [0, 0.1) is 0 Å². The molecule has 0 atom stereocenters. The van der Waals surface area contributed by atoms with E-state index in [2.05, 4.69) is 60.3 Å². The number of nitrogen functional groups attached to an aromatic ring is 1. The van der Waals surface area contributed by atoms with Gasteiger partial charge < -0.3 is 25.6 Å². The fraction of sp³-hybridized carbons (Fsp3) is 0.500. The molecule has 2 fully saturated rings. The fourth-order valence-electron chi connectivity index (χ4n) is 3.75. The molecule has 0 aliphatic carbocycles. The van der Waals surface area contributed by atoms with E-state index in [1.165, 1.54) is 5.69 Å². The zero-order valence-electron chi connectivity index (χ0n) is 16.3. The van der Waals surface area contributed by atoms with Crippen LogP contribution in [0.5, 0.6) is 0 Å². The number of nitrogens with two attached hydrogens (primary N) is 1. The molecule has 2 saturated heterocycles. The smallest absolute Gasteiger partial charge is 0.157 e. The molecule has 1 aromatic heterocycles. The number of ether oxygens (including phenoxy) is 1. The van der Waals surface area contributed by atoms with Crippen molar-refractivity contribution in [2.45, 2.75) is 0 Å². The lowest BCUT2D eigenvalue weighted by atomic mass is 10.2. The van der Waals surface area contributed by atoms with Gasteiger partial charge in [0.2, 0.25) is 0 Å². The average Bonchev–Trinajstić information content (AvgIpc) is 2.76. The third-order valence-electron chi connectivity index (χ3n) is 5.39. The van der Waals surface area contributed by atoms with E-state index in [0.717, 1.165) is 77.2 Å². The van der Waals surface area contributed by atoms with Crippen molar-refractivity contribution in [2.24, 2.45) is 0 Å². The van der Waals surface area contributed by atoms with Crippen LogP contribution in [0.15, 0.2) is 36.7 Å². The van der Waals surface area contributed by atoms with Gasteiger partial charge in [0.15, 0.2) is 11.6 Å². The molecule has 0 bridgehead atoms. The molecule has 2 aromatic rings. The van der Waals surface area contributed by atoms with Gasteiger partial charge in [0, 0.05) is 58.0 Å². The summed E-state index contributed by atoms with van der Waals surface area (Å²) in [6.45, 7) is 9.05. The standard InChI is InChI=1S/C20H29N7O/c21-18-19(22-6-7-25-12-14-28-15-13-25)23-16-24-20(18)27-10-8-26(9-11-27)17-4-2-1-3-5-17/h1-5,16H,6-15,21H2,(H,22,23,24). The van der Waals surface area contributed by atoms with Gasteiger partial charge in [-0.2, -0.15) is 0 Å². The maximum absolute atomic E-state index is 6.40. The SMILES string of the molecule is Nc1c(NCCN2CCOCC2)ncnc1N1CCN(c2ccccc2)CC1. The normalized spacial score (nSPS) is 18.3. The van der Waals surface area contributed by atoms with Crippen molar-refractivity contribution in [3.8, 4) is 0 Å². The highest BCUT2D eigenvalue weighted by Crippen LogP contribution is 2.27. The second-order valence-corrected chi connectivity index (χ2v) is 7.15. The van der Waals surface area contributed by atoms with Crippen molar-refractivity contribution in [2.75, 3.05) is 86.4 Å². The Balaban J connectivity index is 1.33. The summed E-state index contributed by atoms with van der Waals surface area (Å²) in [5, 5.41) is 3.38. The van der Waals surface area contributed by atoms with E-state index in [-0.39, 0.29) is 0 Å². The zero-order valence-corrected chi connectivity index (χ0v) is 16.3. The van der Waals surface area contributed by atoms with Crippen molar-refractivity contribution >= 4 is 23.0 Å². The summed E-state index contributed by atoms with van der Waals surface area (Å²) in [7, 11) is 0. The van der Waals surface area contributed by atoms with Gasteiger partial charge in [-0.3, -0.25) is 4.90 Å². The Morgan fingerprint density at radius 2 is 1.64 bits per heavy atom. The molecular weight excluding hydrogens is 354 g/mol. The van der Waals surface area contributed by atoms with Crippen LogP contribution in [0.4, 0.5) is 23.0 Å². The van der Waals surface area contributed by atoms with Crippen LogP contribution >= 0.6 is 0 Å². The summed E-state index contributed by atoms with van der Waals surface area (Å²) in [5.74, 6) is 1.56. The highest BCUT2D eigenvalue weighted by molar-refractivity contribution is 5.75. The number of nitrogens with zero attached hydrogens (tertiary/aromatic N) is 5. The summed E-state index contributed by atoms with van der Waals surface area (Å²) in [6, 6.07) is 10.5. The van der Waals surface area contributed by atoms with Crippen molar-refractivity contribution in [1.82, 2.24) is 14.9 Å². The quantitative estimate of drug-likeness (QED) is 0.768. The Morgan fingerprint density at radius 1 is 0.929 bits per heavy atom. The van der Waals surface area contributed by atoms with Crippen LogP contribution in [0.1, 0.15) is 0 Å². The second kappa shape index (κ2) is 9.07. The molecule has 0 radical (unpaired) electrons. The molecule has 3 heterocycles. The molecule has 0 spiro atoms. The molecule has 1 aromatic carbocycles. The number of hydrogen-bond acceptors (Lipinski definition) is 8. The Hall–Kier alpha value is -2.58. The summed E-state index contributed by atoms with van der Waals surface area (Å²) in [5.41, 5.74) is 8.31. The number of benzene rings is 1. The summed E-state index contributed by atoms with van der Waals surface area (Å²) < 4.78 is 5.39. The molecular formula is C20H29N7O. The Morgan fingerprint density at radius 3 is 2.39 bits per heavy atom. The predicted molar refractivity (Wildman–Crippen MR) is 113 cm³/mol. The van der Waals surface area contributed by atoms with E-state index in [1.54, 1.807) is 6.33 Å². The molecule has 0 saturated carbocycles.